The van der Waals surface area contributed by atoms with Crippen molar-refractivity contribution >= 4 is 12.0 Å². The zero-order valence-corrected chi connectivity index (χ0v) is 9.15. The molecule has 0 fully saturated rings. The second-order valence-electron chi connectivity index (χ2n) is 3.02. The lowest BCUT2D eigenvalue weighted by Crippen LogP contribution is -2.19. The minimum absolute atomic E-state index is 0.0765. The van der Waals surface area contributed by atoms with Crippen molar-refractivity contribution in [2.24, 2.45) is 0 Å². The van der Waals surface area contributed by atoms with Crippen molar-refractivity contribution in [1.29, 1.82) is 5.26 Å². The maximum Gasteiger partial charge on any atom is 0.261 e. The van der Waals surface area contributed by atoms with Crippen LogP contribution in [0.1, 0.15) is 5.56 Å². The van der Waals surface area contributed by atoms with E-state index in [4.69, 9.17) is 10.00 Å². The van der Waals surface area contributed by atoms with E-state index in [1.165, 1.54) is 13.1 Å². The smallest absolute Gasteiger partial charge is 0.261 e. The fraction of sp³-hybridized carbons (Fsp3) is 0.167. The van der Waals surface area contributed by atoms with E-state index < -0.39 is 5.91 Å². The Balaban J connectivity index is 2.96. The molecule has 16 heavy (non-hydrogen) atoms. The topological polar surface area (TPSA) is 62.1 Å². The Morgan fingerprint density at radius 1 is 1.44 bits per heavy atom. The minimum Gasteiger partial charge on any atom is -0.497 e. The fourth-order valence-electron chi connectivity index (χ4n) is 1.15. The van der Waals surface area contributed by atoms with Crippen molar-refractivity contribution in [2.45, 2.75) is 0 Å². The number of nitrogens with zero attached hydrogens (tertiary/aromatic N) is 1. The van der Waals surface area contributed by atoms with E-state index in [1.807, 2.05) is 6.07 Å². The van der Waals surface area contributed by atoms with Crippen LogP contribution in [-0.2, 0) is 4.79 Å². The predicted octanol–water partition coefficient (Wildman–Crippen LogP) is 1.35. The van der Waals surface area contributed by atoms with Gasteiger partial charge < -0.3 is 10.1 Å². The highest BCUT2D eigenvalue weighted by Gasteiger charge is 2.05. The van der Waals surface area contributed by atoms with Crippen molar-refractivity contribution in [1.82, 2.24) is 5.32 Å². The average Bonchev–Trinajstić information content (AvgIpc) is 2.35. The van der Waals surface area contributed by atoms with Gasteiger partial charge >= 0.3 is 0 Å². The molecule has 1 rings (SSSR count). The summed E-state index contributed by atoms with van der Waals surface area (Å²) in [5.41, 5.74) is 0.855. The number of hydrogen-bond acceptors (Lipinski definition) is 3. The predicted molar refractivity (Wildman–Crippen MR) is 60.7 cm³/mol. The van der Waals surface area contributed by atoms with Gasteiger partial charge in [0, 0.05) is 7.05 Å². The van der Waals surface area contributed by atoms with Gasteiger partial charge in [0.15, 0.2) is 0 Å². The molecule has 1 N–H and O–H groups in total. The number of carbonyl (C=O) groups excluding carboxylic acids is 1. The molecule has 1 aromatic carbocycles. The number of nitriles is 1. The van der Waals surface area contributed by atoms with Crippen LogP contribution in [0.4, 0.5) is 0 Å². The molecular formula is C12H12N2O2. The number of amides is 1. The molecule has 4 heteroatoms. The van der Waals surface area contributed by atoms with Crippen LogP contribution < -0.4 is 10.1 Å². The molecule has 0 atom stereocenters. The molecule has 0 saturated heterocycles. The molecule has 82 valence electrons. The Morgan fingerprint density at radius 3 is 2.50 bits per heavy atom. The third-order valence-corrected chi connectivity index (χ3v) is 2.02. The van der Waals surface area contributed by atoms with Gasteiger partial charge in [0.1, 0.15) is 17.4 Å². The molecule has 0 heterocycles. The summed E-state index contributed by atoms with van der Waals surface area (Å²) in [4.78, 5) is 11.2. The molecule has 0 radical (unpaired) electrons. The van der Waals surface area contributed by atoms with Crippen LogP contribution in [0.5, 0.6) is 5.75 Å². The lowest BCUT2D eigenvalue weighted by atomic mass is 10.1. The number of nitrogens with one attached hydrogen (secondary N) is 1. The molecule has 1 amide bonds. The molecule has 0 unspecified atom stereocenters. The Labute approximate surface area is 94.1 Å². The number of likely N-dealkylation sites (N-methyl/N-ethyl adjacent to an activating group) is 1. The maximum absolute atomic E-state index is 11.2. The van der Waals surface area contributed by atoms with Gasteiger partial charge in [-0.1, -0.05) is 12.1 Å². The number of carbonyl (C=O) groups is 1. The normalized spacial score (nSPS) is 10.4. The van der Waals surface area contributed by atoms with Gasteiger partial charge in [0.05, 0.1) is 7.11 Å². The van der Waals surface area contributed by atoms with Gasteiger partial charge in [-0.05, 0) is 23.8 Å². The second kappa shape index (κ2) is 5.56. The summed E-state index contributed by atoms with van der Waals surface area (Å²) < 4.78 is 5.00. The van der Waals surface area contributed by atoms with Crippen LogP contribution in [0, 0.1) is 11.3 Å². The second-order valence-corrected chi connectivity index (χ2v) is 3.02. The van der Waals surface area contributed by atoms with Crippen molar-refractivity contribution < 1.29 is 9.53 Å². The van der Waals surface area contributed by atoms with Crippen LogP contribution in [-0.4, -0.2) is 20.1 Å². The summed E-state index contributed by atoms with van der Waals surface area (Å²) in [5.74, 6) is 0.342. The molecule has 0 bridgehead atoms. The summed E-state index contributed by atoms with van der Waals surface area (Å²) in [6, 6.07) is 8.94. The van der Waals surface area contributed by atoms with E-state index in [0.717, 1.165) is 11.3 Å². The quantitative estimate of drug-likeness (QED) is 0.612. The molecule has 0 aliphatic rings. The Hall–Kier alpha value is -2.28. The van der Waals surface area contributed by atoms with E-state index in [-0.39, 0.29) is 5.57 Å². The standard InChI is InChI=1S/C12H12N2O2/c1-14-12(15)10(8-13)7-9-3-5-11(16-2)6-4-9/h3-7H,1-2H3,(H,14,15)/b10-7+. The molecule has 0 aliphatic carbocycles. The number of methoxy groups -OCH3 is 1. The lowest BCUT2D eigenvalue weighted by molar-refractivity contribution is -0.116. The summed E-state index contributed by atoms with van der Waals surface area (Å²) in [6.07, 6.45) is 1.53. The maximum atomic E-state index is 11.2. The minimum atomic E-state index is -0.390. The van der Waals surface area contributed by atoms with Gasteiger partial charge in [-0.25, -0.2) is 0 Å². The highest BCUT2D eigenvalue weighted by molar-refractivity contribution is 6.01. The molecule has 0 spiro atoms. The monoisotopic (exact) mass is 216 g/mol. The van der Waals surface area contributed by atoms with Crippen molar-refractivity contribution in [2.75, 3.05) is 14.2 Å². The fourth-order valence-corrected chi connectivity index (χ4v) is 1.15. The van der Waals surface area contributed by atoms with E-state index in [2.05, 4.69) is 5.32 Å². The summed E-state index contributed by atoms with van der Waals surface area (Å²) in [7, 11) is 3.07. The van der Waals surface area contributed by atoms with Gasteiger partial charge in [-0.15, -0.1) is 0 Å². The molecule has 1 aromatic rings. The van der Waals surface area contributed by atoms with Crippen LogP contribution in [0.15, 0.2) is 29.8 Å². The van der Waals surface area contributed by atoms with Gasteiger partial charge in [0.2, 0.25) is 0 Å². The SMILES string of the molecule is CNC(=O)/C(C#N)=C/c1ccc(OC)cc1. The van der Waals surface area contributed by atoms with Crippen molar-refractivity contribution in [3.05, 3.63) is 35.4 Å². The van der Waals surface area contributed by atoms with E-state index >= 15 is 0 Å². The largest absolute Gasteiger partial charge is 0.497 e. The van der Waals surface area contributed by atoms with Crippen molar-refractivity contribution in [3.63, 3.8) is 0 Å². The van der Waals surface area contributed by atoms with E-state index in [1.54, 1.807) is 31.4 Å². The Kier molecular flexibility index (Phi) is 4.10. The number of hydrogen-bond donors (Lipinski definition) is 1. The van der Waals surface area contributed by atoms with E-state index in [0.29, 0.717) is 0 Å². The number of benzene rings is 1. The number of ether oxygens (including phenoxy) is 1. The van der Waals surface area contributed by atoms with Gasteiger partial charge in [0.25, 0.3) is 5.91 Å². The van der Waals surface area contributed by atoms with Crippen LogP contribution in [0.3, 0.4) is 0 Å². The first-order chi connectivity index (χ1) is 7.71. The highest BCUT2D eigenvalue weighted by Crippen LogP contribution is 2.13. The lowest BCUT2D eigenvalue weighted by Gasteiger charge is -2.00. The van der Waals surface area contributed by atoms with Crippen LogP contribution in [0.2, 0.25) is 0 Å². The molecule has 0 aromatic heterocycles. The molecular weight excluding hydrogens is 204 g/mol. The van der Waals surface area contributed by atoms with Gasteiger partial charge in [-0.3, -0.25) is 4.79 Å². The number of rotatable bonds is 3. The van der Waals surface area contributed by atoms with Crippen LogP contribution in [0.25, 0.3) is 6.08 Å². The van der Waals surface area contributed by atoms with Crippen molar-refractivity contribution in [3.8, 4) is 11.8 Å². The molecule has 0 saturated carbocycles. The van der Waals surface area contributed by atoms with Gasteiger partial charge in [-0.2, -0.15) is 5.26 Å². The third kappa shape index (κ3) is 2.85. The molecule has 4 nitrogen and oxygen atoms in total. The zero-order valence-electron chi connectivity index (χ0n) is 9.15. The average molecular weight is 216 g/mol. The summed E-state index contributed by atoms with van der Waals surface area (Å²) >= 11 is 0. The highest BCUT2D eigenvalue weighted by atomic mass is 16.5. The first-order valence-electron chi connectivity index (χ1n) is 4.69. The first kappa shape index (κ1) is 11.8. The summed E-state index contributed by atoms with van der Waals surface area (Å²) in [5, 5.41) is 11.2. The Bertz CT molecular complexity index is 441. The van der Waals surface area contributed by atoms with E-state index in [9.17, 15) is 4.79 Å². The Morgan fingerprint density at radius 2 is 2.06 bits per heavy atom. The summed E-state index contributed by atoms with van der Waals surface area (Å²) in [6.45, 7) is 0. The van der Waals surface area contributed by atoms with Crippen LogP contribution >= 0.6 is 0 Å². The molecule has 0 aliphatic heterocycles. The third-order valence-electron chi connectivity index (χ3n) is 2.02. The first-order valence-corrected chi connectivity index (χ1v) is 4.69. The zero-order chi connectivity index (χ0) is 12.0.